The summed E-state index contributed by atoms with van der Waals surface area (Å²) in [6.45, 7) is 2.73. The van der Waals surface area contributed by atoms with Gasteiger partial charge in [-0.05, 0) is 30.9 Å². The number of fused-ring (bicyclic) bond motifs is 1. The molecule has 1 aliphatic heterocycles. The molecule has 0 aliphatic carbocycles. The fourth-order valence-corrected chi connectivity index (χ4v) is 2.30. The number of hydrogen-bond acceptors (Lipinski definition) is 2. The third-order valence-corrected chi connectivity index (χ3v) is 3.40. The average Bonchev–Trinajstić information content (AvgIpc) is 2.42. The summed E-state index contributed by atoms with van der Waals surface area (Å²) in [4.78, 5) is 23.5. The van der Waals surface area contributed by atoms with Gasteiger partial charge in [-0.1, -0.05) is 25.1 Å². The molecular weight excluding hydrogens is 240 g/mol. The van der Waals surface area contributed by atoms with Gasteiger partial charge >= 0.3 is 0 Å². The molecule has 0 aromatic heterocycles. The number of amides is 2. The van der Waals surface area contributed by atoms with Crippen molar-refractivity contribution in [3.05, 3.63) is 29.8 Å². The van der Waals surface area contributed by atoms with Crippen LogP contribution in [0.25, 0.3) is 0 Å². The second kappa shape index (κ2) is 6.36. The first-order valence-electron chi connectivity index (χ1n) is 6.86. The molecule has 0 fully saturated rings. The highest BCUT2D eigenvalue weighted by atomic mass is 16.2. The van der Waals surface area contributed by atoms with E-state index in [-0.39, 0.29) is 17.7 Å². The number of nitrogens with one attached hydrogen (secondary N) is 2. The van der Waals surface area contributed by atoms with Crippen molar-refractivity contribution in [3.8, 4) is 0 Å². The van der Waals surface area contributed by atoms with Crippen LogP contribution in [0.5, 0.6) is 0 Å². The van der Waals surface area contributed by atoms with Crippen molar-refractivity contribution < 1.29 is 9.59 Å². The number of rotatable bonds is 5. The molecule has 1 aromatic carbocycles. The summed E-state index contributed by atoms with van der Waals surface area (Å²) in [5.41, 5.74) is 2.06. The highest BCUT2D eigenvalue weighted by Gasteiger charge is 2.25. The van der Waals surface area contributed by atoms with Crippen molar-refractivity contribution in [1.29, 1.82) is 0 Å². The zero-order chi connectivity index (χ0) is 13.7. The van der Waals surface area contributed by atoms with Gasteiger partial charge in [0.1, 0.15) is 0 Å². The Morgan fingerprint density at radius 2 is 2.21 bits per heavy atom. The molecule has 19 heavy (non-hydrogen) atoms. The third-order valence-electron chi connectivity index (χ3n) is 3.40. The van der Waals surface area contributed by atoms with E-state index >= 15 is 0 Å². The Labute approximate surface area is 113 Å². The van der Waals surface area contributed by atoms with Crippen LogP contribution in [0.3, 0.4) is 0 Å². The highest BCUT2D eigenvalue weighted by molar-refractivity contribution is 5.96. The Balaban J connectivity index is 1.89. The van der Waals surface area contributed by atoms with Crippen LogP contribution >= 0.6 is 0 Å². The Morgan fingerprint density at radius 1 is 1.42 bits per heavy atom. The maximum absolute atomic E-state index is 11.9. The molecule has 2 N–H and O–H groups in total. The molecule has 1 aliphatic rings. The minimum absolute atomic E-state index is 0.0296. The Hall–Kier alpha value is -1.84. The van der Waals surface area contributed by atoms with E-state index in [2.05, 4.69) is 10.6 Å². The molecule has 2 rings (SSSR count). The van der Waals surface area contributed by atoms with E-state index in [4.69, 9.17) is 0 Å². The highest BCUT2D eigenvalue weighted by Crippen LogP contribution is 2.27. The lowest BCUT2D eigenvalue weighted by Gasteiger charge is -2.24. The zero-order valence-corrected chi connectivity index (χ0v) is 11.2. The van der Waals surface area contributed by atoms with Crippen LogP contribution in [0.4, 0.5) is 5.69 Å². The summed E-state index contributed by atoms with van der Waals surface area (Å²) in [5.74, 6) is -0.0298. The molecule has 2 amide bonds. The van der Waals surface area contributed by atoms with Gasteiger partial charge in [-0.2, -0.15) is 0 Å². The van der Waals surface area contributed by atoms with Crippen LogP contribution in [0.1, 0.15) is 31.7 Å². The van der Waals surface area contributed by atoms with Gasteiger partial charge in [0.25, 0.3) is 0 Å². The van der Waals surface area contributed by atoms with Gasteiger partial charge in [0.2, 0.25) is 11.8 Å². The van der Waals surface area contributed by atoms with Crippen LogP contribution in [0, 0.1) is 5.92 Å². The van der Waals surface area contributed by atoms with Crippen LogP contribution in [0.2, 0.25) is 0 Å². The standard InChI is InChI=1S/C15H20N2O2/c1-2-9-16-14(18)8-7-12-10-11-5-3-4-6-13(11)17-15(12)19/h3-6,12H,2,7-10H2,1H3,(H,16,18)(H,17,19). The number of carbonyl (C=O) groups excluding carboxylic acids is 2. The SMILES string of the molecule is CCCNC(=O)CCC1Cc2ccccc2NC1=O. The summed E-state index contributed by atoms with van der Waals surface area (Å²) in [6, 6.07) is 7.83. The van der Waals surface area contributed by atoms with Crippen molar-refractivity contribution in [2.24, 2.45) is 5.92 Å². The van der Waals surface area contributed by atoms with E-state index < -0.39 is 0 Å². The molecule has 0 bridgehead atoms. The molecule has 1 heterocycles. The molecular formula is C15H20N2O2. The fraction of sp³-hybridized carbons (Fsp3) is 0.467. The molecule has 0 spiro atoms. The lowest BCUT2D eigenvalue weighted by molar-refractivity contribution is -0.122. The molecule has 4 heteroatoms. The van der Waals surface area contributed by atoms with Crippen LogP contribution in [-0.2, 0) is 16.0 Å². The maximum atomic E-state index is 11.9. The molecule has 102 valence electrons. The van der Waals surface area contributed by atoms with Gasteiger partial charge in [0.05, 0.1) is 0 Å². The maximum Gasteiger partial charge on any atom is 0.227 e. The Morgan fingerprint density at radius 3 is 3.00 bits per heavy atom. The molecule has 1 aromatic rings. The molecule has 1 atom stereocenters. The van der Waals surface area contributed by atoms with Crippen LogP contribution < -0.4 is 10.6 Å². The average molecular weight is 260 g/mol. The van der Waals surface area contributed by atoms with E-state index in [9.17, 15) is 9.59 Å². The van der Waals surface area contributed by atoms with Gasteiger partial charge < -0.3 is 10.6 Å². The number of hydrogen-bond donors (Lipinski definition) is 2. The Kier molecular flexibility index (Phi) is 4.55. The van der Waals surface area contributed by atoms with E-state index in [0.29, 0.717) is 19.4 Å². The van der Waals surface area contributed by atoms with Gasteiger partial charge in [0, 0.05) is 24.6 Å². The first kappa shape index (κ1) is 13.6. The topological polar surface area (TPSA) is 58.2 Å². The summed E-state index contributed by atoms with van der Waals surface area (Å²) >= 11 is 0. The van der Waals surface area contributed by atoms with Crippen LogP contribution in [-0.4, -0.2) is 18.4 Å². The van der Waals surface area contributed by atoms with Crippen molar-refractivity contribution in [2.45, 2.75) is 32.6 Å². The molecule has 1 unspecified atom stereocenters. The zero-order valence-electron chi connectivity index (χ0n) is 11.2. The summed E-state index contributed by atoms with van der Waals surface area (Å²) in [7, 11) is 0. The molecule has 0 saturated carbocycles. The van der Waals surface area contributed by atoms with E-state index in [1.54, 1.807) is 0 Å². The third kappa shape index (κ3) is 3.56. The lowest BCUT2D eigenvalue weighted by atomic mass is 9.89. The lowest BCUT2D eigenvalue weighted by Crippen LogP contribution is -2.31. The normalized spacial score (nSPS) is 17.5. The van der Waals surface area contributed by atoms with Gasteiger partial charge in [0.15, 0.2) is 0 Å². The smallest absolute Gasteiger partial charge is 0.227 e. The van der Waals surface area contributed by atoms with Gasteiger partial charge in [-0.15, -0.1) is 0 Å². The van der Waals surface area contributed by atoms with Crippen molar-refractivity contribution in [2.75, 3.05) is 11.9 Å². The first-order chi connectivity index (χ1) is 9.20. The minimum Gasteiger partial charge on any atom is -0.356 e. The fourth-order valence-electron chi connectivity index (χ4n) is 2.30. The predicted molar refractivity (Wildman–Crippen MR) is 74.8 cm³/mol. The van der Waals surface area contributed by atoms with Crippen molar-refractivity contribution in [1.82, 2.24) is 5.32 Å². The number of benzene rings is 1. The first-order valence-corrected chi connectivity index (χ1v) is 6.86. The van der Waals surface area contributed by atoms with Crippen LogP contribution in [0.15, 0.2) is 24.3 Å². The van der Waals surface area contributed by atoms with Gasteiger partial charge in [-0.3, -0.25) is 9.59 Å². The monoisotopic (exact) mass is 260 g/mol. The predicted octanol–water partition coefficient (Wildman–Crippen LogP) is 2.10. The minimum atomic E-state index is -0.0951. The Bertz CT molecular complexity index is 471. The molecule has 4 nitrogen and oxygen atoms in total. The largest absolute Gasteiger partial charge is 0.356 e. The molecule has 0 saturated heterocycles. The summed E-state index contributed by atoms with van der Waals surface area (Å²) in [6.07, 6.45) is 2.68. The van der Waals surface area contributed by atoms with Crippen molar-refractivity contribution >= 4 is 17.5 Å². The summed E-state index contributed by atoms with van der Waals surface area (Å²) in [5, 5.41) is 5.74. The quantitative estimate of drug-likeness (QED) is 0.851. The number of para-hydroxylation sites is 1. The van der Waals surface area contributed by atoms with Gasteiger partial charge in [-0.25, -0.2) is 0 Å². The van der Waals surface area contributed by atoms with E-state index in [1.165, 1.54) is 0 Å². The summed E-state index contributed by atoms with van der Waals surface area (Å²) < 4.78 is 0. The van der Waals surface area contributed by atoms with E-state index in [0.717, 1.165) is 24.1 Å². The van der Waals surface area contributed by atoms with E-state index in [1.807, 2.05) is 31.2 Å². The van der Waals surface area contributed by atoms with Crippen molar-refractivity contribution in [3.63, 3.8) is 0 Å². The second-order valence-corrected chi connectivity index (χ2v) is 4.94. The number of carbonyl (C=O) groups is 2. The number of anilines is 1. The molecule has 0 radical (unpaired) electrons. The second-order valence-electron chi connectivity index (χ2n) is 4.94.